The minimum atomic E-state index is -5.15. The van der Waals surface area contributed by atoms with Gasteiger partial charge in [-0.2, -0.15) is 13.2 Å². The molecule has 0 aromatic carbocycles. The summed E-state index contributed by atoms with van der Waals surface area (Å²) in [5.41, 5.74) is -4.30. The number of hydrogen-bond donors (Lipinski definition) is 0. The van der Waals surface area contributed by atoms with Crippen LogP contribution in [0.25, 0.3) is 0 Å². The van der Waals surface area contributed by atoms with Crippen LogP contribution in [0, 0.1) is 0 Å². The first-order valence-electron chi connectivity index (χ1n) is 4.91. The molecule has 106 valence electrons. The summed E-state index contributed by atoms with van der Waals surface area (Å²) >= 11 is 5.20. The summed E-state index contributed by atoms with van der Waals surface area (Å²) < 4.78 is 68.1. The van der Waals surface area contributed by atoms with Gasteiger partial charge in [-0.25, -0.2) is 18.6 Å². The Balaban J connectivity index is 3.55. The summed E-state index contributed by atoms with van der Waals surface area (Å²) in [6, 6.07) is 0. The van der Waals surface area contributed by atoms with E-state index in [-0.39, 0.29) is 6.61 Å². The van der Waals surface area contributed by atoms with Gasteiger partial charge in [-0.1, -0.05) is 11.6 Å². The number of pyridine rings is 1. The van der Waals surface area contributed by atoms with Gasteiger partial charge in [-0.3, -0.25) is 0 Å². The molecule has 0 amide bonds. The highest BCUT2D eigenvalue weighted by Gasteiger charge is 2.41. The Labute approximate surface area is 109 Å². The molecule has 9 heteroatoms. The van der Waals surface area contributed by atoms with E-state index in [0.29, 0.717) is 6.20 Å². The molecular weight excluding hydrogens is 297 g/mol. The zero-order valence-corrected chi connectivity index (χ0v) is 10.1. The van der Waals surface area contributed by atoms with Crippen molar-refractivity contribution >= 4 is 17.6 Å². The molecule has 0 saturated carbocycles. The van der Waals surface area contributed by atoms with Gasteiger partial charge in [-0.05, 0) is 6.92 Å². The van der Waals surface area contributed by atoms with E-state index in [2.05, 4.69) is 9.72 Å². The molecule has 3 nitrogen and oxygen atoms in total. The summed E-state index contributed by atoms with van der Waals surface area (Å²) in [5, 5.41) is -1.14. The molecule has 0 aliphatic carbocycles. The van der Waals surface area contributed by atoms with Gasteiger partial charge in [0.1, 0.15) is 10.7 Å². The molecule has 0 radical (unpaired) electrons. The number of hydrogen-bond acceptors (Lipinski definition) is 3. The molecular formula is C10H7ClF5NO2. The molecule has 0 unspecified atom stereocenters. The van der Waals surface area contributed by atoms with Crippen LogP contribution in [0.5, 0.6) is 0 Å². The second kappa shape index (κ2) is 5.68. The SMILES string of the molecule is CCOC(=O)c1cnc(Cl)c(C(F)(F)F)c1C(F)F. The number of nitrogens with zero attached hydrogens (tertiary/aromatic N) is 1. The molecule has 19 heavy (non-hydrogen) atoms. The van der Waals surface area contributed by atoms with Crippen molar-refractivity contribution in [2.45, 2.75) is 19.5 Å². The van der Waals surface area contributed by atoms with Crippen LogP contribution in [0.4, 0.5) is 22.0 Å². The van der Waals surface area contributed by atoms with Crippen LogP contribution in [0.2, 0.25) is 5.15 Å². The van der Waals surface area contributed by atoms with Gasteiger partial charge >= 0.3 is 12.1 Å². The first kappa shape index (κ1) is 15.6. The number of carbonyl (C=O) groups excluding carboxylic acids is 1. The fourth-order valence-electron chi connectivity index (χ4n) is 1.37. The van der Waals surface area contributed by atoms with Crippen LogP contribution >= 0.6 is 11.6 Å². The van der Waals surface area contributed by atoms with Crippen LogP contribution < -0.4 is 0 Å². The van der Waals surface area contributed by atoms with Crippen LogP contribution in [0.15, 0.2) is 6.20 Å². The highest BCUT2D eigenvalue weighted by Crippen LogP contribution is 2.41. The Kier molecular flexibility index (Phi) is 4.67. The average Bonchev–Trinajstić information content (AvgIpc) is 2.26. The van der Waals surface area contributed by atoms with Crippen molar-refractivity contribution in [3.63, 3.8) is 0 Å². The van der Waals surface area contributed by atoms with Gasteiger partial charge in [0.05, 0.1) is 12.2 Å². The van der Waals surface area contributed by atoms with Gasteiger partial charge < -0.3 is 4.74 Å². The van der Waals surface area contributed by atoms with E-state index in [4.69, 9.17) is 11.6 Å². The molecule has 0 saturated heterocycles. The highest BCUT2D eigenvalue weighted by molar-refractivity contribution is 6.30. The Hall–Kier alpha value is -1.44. The number of halogens is 6. The van der Waals surface area contributed by atoms with Crippen LogP contribution in [0.3, 0.4) is 0 Å². The maximum atomic E-state index is 12.8. The van der Waals surface area contributed by atoms with Gasteiger partial charge in [0.15, 0.2) is 0 Å². The van der Waals surface area contributed by atoms with E-state index < -0.39 is 40.4 Å². The van der Waals surface area contributed by atoms with Crippen LogP contribution in [-0.4, -0.2) is 17.6 Å². The van der Waals surface area contributed by atoms with E-state index in [1.165, 1.54) is 6.92 Å². The molecule has 0 aliphatic rings. The number of carbonyl (C=O) groups is 1. The predicted molar refractivity (Wildman–Crippen MR) is 55.2 cm³/mol. The van der Waals surface area contributed by atoms with Gasteiger partial charge in [0, 0.05) is 11.8 Å². The fourth-order valence-corrected chi connectivity index (χ4v) is 1.63. The second-order valence-corrected chi connectivity index (χ2v) is 3.63. The lowest BCUT2D eigenvalue weighted by atomic mass is 10.0. The summed E-state index contributed by atoms with van der Waals surface area (Å²) in [6.07, 6.45) is -8.16. The number of ether oxygens (including phenoxy) is 1. The van der Waals surface area contributed by atoms with Crippen molar-refractivity contribution in [1.82, 2.24) is 4.98 Å². The Bertz CT molecular complexity index is 490. The van der Waals surface area contributed by atoms with Crippen LogP contribution in [0.1, 0.15) is 34.8 Å². The average molecular weight is 304 g/mol. The third kappa shape index (κ3) is 3.31. The molecule has 0 spiro atoms. The molecule has 1 rings (SSSR count). The smallest absolute Gasteiger partial charge is 0.419 e. The second-order valence-electron chi connectivity index (χ2n) is 3.27. The van der Waals surface area contributed by atoms with E-state index >= 15 is 0 Å². The topological polar surface area (TPSA) is 39.2 Å². The minimum Gasteiger partial charge on any atom is -0.462 e. The van der Waals surface area contributed by atoms with E-state index in [1.807, 2.05) is 0 Å². The largest absolute Gasteiger partial charge is 0.462 e. The number of esters is 1. The van der Waals surface area contributed by atoms with E-state index in [1.54, 1.807) is 0 Å². The van der Waals surface area contributed by atoms with Crippen molar-refractivity contribution in [1.29, 1.82) is 0 Å². The highest BCUT2D eigenvalue weighted by atomic mass is 35.5. The van der Waals surface area contributed by atoms with Crippen LogP contribution in [-0.2, 0) is 10.9 Å². The molecule has 0 atom stereocenters. The molecule has 1 heterocycles. The normalized spacial score (nSPS) is 11.8. The zero-order chi connectivity index (χ0) is 14.8. The maximum absolute atomic E-state index is 12.8. The summed E-state index contributed by atoms with van der Waals surface area (Å²) in [6.45, 7) is 1.21. The molecule has 0 N–H and O–H groups in total. The third-order valence-electron chi connectivity index (χ3n) is 2.07. The Morgan fingerprint density at radius 2 is 2.05 bits per heavy atom. The first-order valence-corrected chi connectivity index (χ1v) is 5.28. The number of aromatic nitrogens is 1. The molecule has 0 fully saturated rings. The monoisotopic (exact) mass is 303 g/mol. The van der Waals surface area contributed by atoms with E-state index in [9.17, 15) is 26.7 Å². The minimum absolute atomic E-state index is 0.175. The molecule has 1 aromatic heterocycles. The molecule has 0 aliphatic heterocycles. The predicted octanol–water partition coefficient (Wildman–Crippen LogP) is 3.87. The lowest BCUT2D eigenvalue weighted by Gasteiger charge is -2.16. The number of rotatable bonds is 3. The summed E-state index contributed by atoms with van der Waals surface area (Å²) in [7, 11) is 0. The Morgan fingerprint density at radius 1 is 1.47 bits per heavy atom. The van der Waals surface area contributed by atoms with E-state index in [0.717, 1.165) is 0 Å². The fraction of sp³-hybridized carbons (Fsp3) is 0.400. The summed E-state index contributed by atoms with van der Waals surface area (Å²) in [4.78, 5) is 14.5. The summed E-state index contributed by atoms with van der Waals surface area (Å²) in [5.74, 6) is -1.31. The van der Waals surface area contributed by atoms with Crippen molar-refractivity contribution in [3.05, 3.63) is 28.0 Å². The van der Waals surface area contributed by atoms with Crippen molar-refractivity contribution in [2.75, 3.05) is 6.61 Å². The quantitative estimate of drug-likeness (QED) is 0.483. The van der Waals surface area contributed by atoms with Gasteiger partial charge in [-0.15, -0.1) is 0 Å². The Morgan fingerprint density at radius 3 is 2.47 bits per heavy atom. The lowest BCUT2D eigenvalue weighted by Crippen LogP contribution is -2.17. The number of alkyl halides is 5. The molecule has 0 bridgehead atoms. The van der Waals surface area contributed by atoms with Gasteiger partial charge in [0.2, 0.25) is 0 Å². The molecule has 1 aromatic rings. The van der Waals surface area contributed by atoms with Gasteiger partial charge in [0.25, 0.3) is 6.43 Å². The standard InChI is InChI=1S/C10H7ClF5NO2/c1-2-19-9(18)4-3-17-7(11)6(10(14,15)16)5(4)8(12)13/h3,8H,2H2,1H3. The van der Waals surface area contributed by atoms with Crippen molar-refractivity contribution < 1.29 is 31.5 Å². The lowest BCUT2D eigenvalue weighted by molar-refractivity contribution is -0.139. The zero-order valence-electron chi connectivity index (χ0n) is 9.39. The van der Waals surface area contributed by atoms with Crippen molar-refractivity contribution in [3.8, 4) is 0 Å². The van der Waals surface area contributed by atoms with Crippen molar-refractivity contribution in [2.24, 2.45) is 0 Å². The first-order chi connectivity index (χ1) is 8.70. The maximum Gasteiger partial charge on any atom is 0.419 e. The third-order valence-corrected chi connectivity index (χ3v) is 2.36.